The molecule has 15 heavy (non-hydrogen) atoms. The number of aromatic nitrogens is 2. The summed E-state index contributed by atoms with van der Waals surface area (Å²) in [7, 11) is 0. The number of carboxylic acids is 1. The fourth-order valence-corrected chi connectivity index (χ4v) is 0.742. The van der Waals surface area contributed by atoms with Crippen molar-refractivity contribution in [3.05, 3.63) is 41.0 Å². The van der Waals surface area contributed by atoms with Gasteiger partial charge in [-0.2, -0.15) is 0 Å². The van der Waals surface area contributed by atoms with Gasteiger partial charge in [0.1, 0.15) is 0 Å². The van der Waals surface area contributed by atoms with Crippen LogP contribution in [0.15, 0.2) is 35.4 Å². The van der Waals surface area contributed by atoms with Crippen LogP contribution in [0, 0.1) is 4.91 Å². The first kappa shape index (κ1) is 10.6. The monoisotopic (exact) mass is 207 g/mol. The normalized spacial score (nSPS) is 10.8. The van der Waals surface area contributed by atoms with Gasteiger partial charge in [0.15, 0.2) is 11.5 Å². The van der Waals surface area contributed by atoms with Crippen molar-refractivity contribution >= 4 is 11.8 Å². The van der Waals surface area contributed by atoms with E-state index in [0.29, 0.717) is 6.08 Å². The number of aliphatic carboxylic acids is 1. The first-order valence-corrected chi connectivity index (χ1v) is 3.75. The maximum absolute atomic E-state index is 11.3. The lowest BCUT2D eigenvalue weighted by molar-refractivity contribution is -0.132. The molecule has 0 aromatic carbocycles. The second-order valence-electron chi connectivity index (χ2n) is 2.36. The van der Waals surface area contributed by atoms with Gasteiger partial charge in [-0.3, -0.25) is 4.79 Å². The molecular formula is C8H5N3O4. The van der Waals surface area contributed by atoms with Crippen molar-refractivity contribution < 1.29 is 14.7 Å². The van der Waals surface area contributed by atoms with E-state index in [-0.39, 0.29) is 5.82 Å². The molecule has 0 saturated carbocycles. The summed E-state index contributed by atoms with van der Waals surface area (Å²) < 4.78 is 0. The SMILES string of the molecule is O=N/C(=C\C(=O)c1ncccn1)C(=O)O. The molecule has 0 radical (unpaired) electrons. The minimum Gasteiger partial charge on any atom is -0.476 e. The van der Waals surface area contributed by atoms with Gasteiger partial charge in [0.2, 0.25) is 5.78 Å². The van der Waals surface area contributed by atoms with E-state index in [1.54, 1.807) is 0 Å². The molecule has 0 fully saturated rings. The van der Waals surface area contributed by atoms with Crippen molar-refractivity contribution in [1.29, 1.82) is 0 Å². The average Bonchev–Trinajstić information content (AvgIpc) is 2.26. The van der Waals surface area contributed by atoms with Crippen molar-refractivity contribution in [3.8, 4) is 0 Å². The molecule has 0 aliphatic carbocycles. The lowest BCUT2D eigenvalue weighted by atomic mass is 10.3. The predicted molar refractivity (Wildman–Crippen MR) is 47.9 cm³/mol. The summed E-state index contributed by atoms with van der Waals surface area (Å²) in [4.78, 5) is 38.8. The molecule has 1 aromatic rings. The van der Waals surface area contributed by atoms with Crippen LogP contribution in [0.4, 0.5) is 0 Å². The summed E-state index contributed by atoms with van der Waals surface area (Å²) in [5.41, 5.74) is -0.882. The third-order valence-corrected chi connectivity index (χ3v) is 1.37. The van der Waals surface area contributed by atoms with Crippen molar-refractivity contribution in [2.24, 2.45) is 5.18 Å². The van der Waals surface area contributed by atoms with Crippen LogP contribution in [-0.2, 0) is 4.79 Å². The first-order chi connectivity index (χ1) is 7.15. The Morgan fingerprint density at radius 3 is 2.40 bits per heavy atom. The van der Waals surface area contributed by atoms with Gasteiger partial charge in [-0.05, 0) is 11.2 Å². The highest BCUT2D eigenvalue weighted by atomic mass is 16.4. The molecule has 0 bridgehead atoms. The van der Waals surface area contributed by atoms with Gasteiger partial charge in [-0.1, -0.05) is 0 Å². The number of nitrogens with zero attached hydrogens (tertiary/aromatic N) is 3. The van der Waals surface area contributed by atoms with Gasteiger partial charge < -0.3 is 5.11 Å². The van der Waals surface area contributed by atoms with Gasteiger partial charge in [-0.15, -0.1) is 4.91 Å². The van der Waals surface area contributed by atoms with Crippen molar-refractivity contribution in [1.82, 2.24) is 9.97 Å². The van der Waals surface area contributed by atoms with Gasteiger partial charge >= 0.3 is 5.97 Å². The van der Waals surface area contributed by atoms with E-state index in [1.807, 2.05) is 0 Å². The van der Waals surface area contributed by atoms with Crippen LogP contribution in [0.2, 0.25) is 0 Å². The summed E-state index contributed by atoms with van der Waals surface area (Å²) in [6, 6.07) is 1.50. The molecule has 0 amide bonds. The lowest BCUT2D eigenvalue weighted by Crippen LogP contribution is -2.05. The highest BCUT2D eigenvalue weighted by Crippen LogP contribution is 2.00. The molecule has 76 valence electrons. The van der Waals surface area contributed by atoms with Crippen LogP contribution in [0.5, 0.6) is 0 Å². The number of carboxylic acid groups (broad SMARTS) is 1. The van der Waals surface area contributed by atoms with Crippen LogP contribution < -0.4 is 0 Å². The minimum atomic E-state index is -1.57. The Morgan fingerprint density at radius 1 is 1.33 bits per heavy atom. The predicted octanol–water partition coefficient (Wildman–Crippen LogP) is 0.394. The van der Waals surface area contributed by atoms with Crippen molar-refractivity contribution in [2.75, 3.05) is 0 Å². The number of carbonyl (C=O) groups is 2. The molecule has 1 N–H and O–H groups in total. The molecule has 0 aliphatic heterocycles. The molecule has 0 aliphatic rings. The van der Waals surface area contributed by atoms with E-state index in [4.69, 9.17) is 5.11 Å². The smallest absolute Gasteiger partial charge is 0.358 e. The molecule has 7 nitrogen and oxygen atoms in total. The zero-order valence-electron chi connectivity index (χ0n) is 7.32. The fraction of sp³-hybridized carbons (Fsp3) is 0. The fourth-order valence-electron chi connectivity index (χ4n) is 0.742. The van der Waals surface area contributed by atoms with E-state index >= 15 is 0 Å². The van der Waals surface area contributed by atoms with E-state index < -0.39 is 17.4 Å². The number of nitroso groups, excluding NO2 is 1. The lowest BCUT2D eigenvalue weighted by Gasteiger charge is -1.92. The summed E-state index contributed by atoms with van der Waals surface area (Å²) in [6.07, 6.45) is 3.22. The molecule has 0 saturated heterocycles. The van der Waals surface area contributed by atoms with Crippen molar-refractivity contribution in [2.45, 2.75) is 0 Å². The largest absolute Gasteiger partial charge is 0.476 e. The Bertz CT molecular complexity index is 427. The molecular weight excluding hydrogens is 202 g/mol. The Morgan fingerprint density at radius 2 is 1.93 bits per heavy atom. The van der Waals surface area contributed by atoms with Gasteiger partial charge in [-0.25, -0.2) is 14.8 Å². The third-order valence-electron chi connectivity index (χ3n) is 1.37. The Balaban J connectivity index is 2.97. The van der Waals surface area contributed by atoms with Crippen LogP contribution in [-0.4, -0.2) is 26.8 Å². The van der Waals surface area contributed by atoms with Gasteiger partial charge in [0.05, 0.1) is 0 Å². The van der Waals surface area contributed by atoms with E-state index in [0.717, 1.165) is 0 Å². The van der Waals surface area contributed by atoms with Crippen LogP contribution >= 0.6 is 0 Å². The minimum absolute atomic E-state index is 0.195. The summed E-state index contributed by atoms with van der Waals surface area (Å²) in [5, 5.41) is 10.6. The first-order valence-electron chi connectivity index (χ1n) is 3.75. The van der Waals surface area contributed by atoms with Crippen LogP contribution in [0.1, 0.15) is 10.6 Å². The van der Waals surface area contributed by atoms with Crippen LogP contribution in [0.25, 0.3) is 0 Å². The molecule has 0 unspecified atom stereocenters. The van der Waals surface area contributed by atoms with E-state index in [1.165, 1.54) is 18.5 Å². The maximum atomic E-state index is 11.3. The van der Waals surface area contributed by atoms with E-state index in [9.17, 15) is 14.5 Å². The highest BCUT2D eigenvalue weighted by molar-refractivity contribution is 6.06. The average molecular weight is 207 g/mol. The topological polar surface area (TPSA) is 110 Å². The van der Waals surface area contributed by atoms with Gasteiger partial charge in [0, 0.05) is 18.5 Å². The standard InChI is InChI=1S/C8H5N3O4/c12-6(4-5(11-15)8(13)14)7-9-2-1-3-10-7/h1-4H,(H,13,14)/b5-4-. The second kappa shape index (κ2) is 4.70. The Hall–Kier alpha value is -2.44. The van der Waals surface area contributed by atoms with Crippen molar-refractivity contribution in [3.63, 3.8) is 0 Å². The Labute approximate surface area is 83.5 Å². The molecule has 1 rings (SSSR count). The second-order valence-corrected chi connectivity index (χ2v) is 2.36. The summed E-state index contributed by atoms with van der Waals surface area (Å²) >= 11 is 0. The molecule has 1 heterocycles. The molecule has 0 atom stereocenters. The van der Waals surface area contributed by atoms with Crippen LogP contribution in [0.3, 0.4) is 0 Å². The number of rotatable bonds is 4. The number of carbonyl (C=O) groups excluding carboxylic acids is 1. The quantitative estimate of drug-likeness (QED) is 0.434. The maximum Gasteiger partial charge on any atom is 0.358 e. The number of ketones is 1. The summed E-state index contributed by atoms with van der Waals surface area (Å²) in [5.74, 6) is -2.55. The number of hydrogen-bond donors (Lipinski definition) is 1. The zero-order valence-corrected chi connectivity index (χ0v) is 7.32. The zero-order chi connectivity index (χ0) is 11.3. The third kappa shape index (κ3) is 2.76. The summed E-state index contributed by atoms with van der Waals surface area (Å²) in [6.45, 7) is 0. The Kier molecular flexibility index (Phi) is 3.33. The molecule has 1 aromatic heterocycles. The molecule has 7 heteroatoms. The van der Waals surface area contributed by atoms with Gasteiger partial charge in [0.25, 0.3) is 0 Å². The number of hydrogen-bond acceptors (Lipinski definition) is 6. The molecule has 0 spiro atoms. The van der Waals surface area contributed by atoms with E-state index in [2.05, 4.69) is 15.1 Å². The highest BCUT2D eigenvalue weighted by Gasteiger charge is 2.12. The number of allylic oxidation sites excluding steroid dienone is 1.